The summed E-state index contributed by atoms with van der Waals surface area (Å²) >= 11 is 6.08. The molecule has 1 heterocycles. The van der Waals surface area contributed by atoms with Gasteiger partial charge < -0.3 is 14.5 Å². The normalized spacial score (nSPS) is 18.6. The number of hydrogen-bond acceptors (Lipinski definition) is 3. The minimum absolute atomic E-state index is 0.217. The maximum absolute atomic E-state index is 13.5. The SMILES string of the molecule is CN(Cc1ccc(N2CCOCC2)cc1)C(=O)C1(c2ccc(Cl)cc2)CCCC1. The van der Waals surface area contributed by atoms with Crippen molar-refractivity contribution in [3.05, 3.63) is 64.7 Å². The highest BCUT2D eigenvalue weighted by molar-refractivity contribution is 6.30. The van der Waals surface area contributed by atoms with E-state index in [9.17, 15) is 4.79 Å². The Morgan fingerprint density at radius 1 is 1.03 bits per heavy atom. The van der Waals surface area contributed by atoms with Crippen molar-refractivity contribution in [1.29, 1.82) is 0 Å². The third-order valence-electron chi connectivity index (χ3n) is 6.34. The van der Waals surface area contributed by atoms with Crippen molar-refractivity contribution in [3.63, 3.8) is 0 Å². The van der Waals surface area contributed by atoms with E-state index in [1.165, 1.54) is 5.69 Å². The van der Waals surface area contributed by atoms with Crippen LogP contribution < -0.4 is 4.90 Å². The summed E-state index contributed by atoms with van der Waals surface area (Å²) < 4.78 is 5.43. The van der Waals surface area contributed by atoms with Gasteiger partial charge in [0.2, 0.25) is 5.91 Å². The molecule has 1 aliphatic carbocycles. The van der Waals surface area contributed by atoms with Crippen LogP contribution in [-0.2, 0) is 21.5 Å². The highest BCUT2D eigenvalue weighted by atomic mass is 35.5. The average molecular weight is 413 g/mol. The molecule has 1 saturated carbocycles. The third-order valence-corrected chi connectivity index (χ3v) is 6.59. The molecule has 2 aliphatic rings. The molecule has 0 bridgehead atoms. The fraction of sp³-hybridized carbons (Fsp3) is 0.458. The monoisotopic (exact) mass is 412 g/mol. The van der Waals surface area contributed by atoms with Gasteiger partial charge in [0.15, 0.2) is 0 Å². The summed E-state index contributed by atoms with van der Waals surface area (Å²) in [6.07, 6.45) is 4.01. The summed E-state index contributed by atoms with van der Waals surface area (Å²) in [4.78, 5) is 17.8. The van der Waals surface area contributed by atoms with Crippen LogP contribution in [-0.4, -0.2) is 44.2 Å². The molecule has 0 spiro atoms. The van der Waals surface area contributed by atoms with Gasteiger partial charge in [0, 0.05) is 37.4 Å². The lowest BCUT2D eigenvalue weighted by Crippen LogP contribution is -2.43. The summed E-state index contributed by atoms with van der Waals surface area (Å²) in [6.45, 7) is 4.05. The molecule has 4 rings (SSSR count). The number of ether oxygens (including phenoxy) is 1. The Morgan fingerprint density at radius 2 is 1.66 bits per heavy atom. The Balaban J connectivity index is 1.47. The van der Waals surface area contributed by atoms with Gasteiger partial charge in [0.1, 0.15) is 0 Å². The van der Waals surface area contributed by atoms with Crippen molar-refractivity contribution in [2.75, 3.05) is 38.3 Å². The van der Waals surface area contributed by atoms with E-state index in [2.05, 4.69) is 29.2 Å². The van der Waals surface area contributed by atoms with Crippen LogP contribution in [0.25, 0.3) is 0 Å². The molecule has 1 saturated heterocycles. The molecule has 0 unspecified atom stereocenters. The zero-order valence-electron chi connectivity index (χ0n) is 17.1. The molecule has 2 aromatic rings. The van der Waals surface area contributed by atoms with E-state index in [1.807, 2.05) is 36.2 Å². The van der Waals surface area contributed by atoms with Crippen molar-refractivity contribution >= 4 is 23.2 Å². The molecule has 4 nitrogen and oxygen atoms in total. The number of halogens is 1. The molecule has 0 N–H and O–H groups in total. The minimum atomic E-state index is -0.410. The predicted molar refractivity (Wildman–Crippen MR) is 118 cm³/mol. The van der Waals surface area contributed by atoms with Crippen LogP contribution in [0.3, 0.4) is 0 Å². The molecular weight excluding hydrogens is 384 g/mol. The number of likely N-dealkylation sites (N-methyl/N-ethyl adjacent to an activating group) is 1. The number of carbonyl (C=O) groups is 1. The number of amides is 1. The molecule has 0 atom stereocenters. The predicted octanol–water partition coefficient (Wildman–Crippen LogP) is 4.65. The van der Waals surface area contributed by atoms with Crippen molar-refractivity contribution in [3.8, 4) is 0 Å². The largest absolute Gasteiger partial charge is 0.378 e. The smallest absolute Gasteiger partial charge is 0.233 e. The van der Waals surface area contributed by atoms with Crippen molar-refractivity contribution in [1.82, 2.24) is 4.90 Å². The van der Waals surface area contributed by atoms with Gasteiger partial charge in [0.25, 0.3) is 0 Å². The van der Waals surface area contributed by atoms with Gasteiger partial charge >= 0.3 is 0 Å². The first kappa shape index (κ1) is 20.2. The zero-order chi connectivity index (χ0) is 20.3. The van der Waals surface area contributed by atoms with Gasteiger partial charge in [0.05, 0.1) is 18.6 Å². The summed E-state index contributed by atoms with van der Waals surface area (Å²) in [5.41, 5.74) is 3.06. The van der Waals surface area contributed by atoms with Gasteiger partial charge in [-0.15, -0.1) is 0 Å². The number of anilines is 1. The Kier molecular flexibility index (Phi) is 6.12. The Hall–Kier alpha value is -2.04. The van der Waals surface area contributed by atoms with Gasteiger partial charge in [-0.25, -0.2) is 0 Å². The molecule has 1 aliphatic heterocycles. The number of rotatable bonds is 5. The molecule has 5 heteroatoms. The maximum Gasteiger partial charge on any atom is 0.233 e. The third kappa shape index (κ3) is 4.29. The molecular formula is C24H29ClN2O2. The zero-order valence-corrected chi connectivity index (χ0v) is 17.8. The van der Waals surface area contributed by atoms with Crippen LogP contribution in [0.5, 0.6) is 0 Å². The van der Waals surface area contributed by atoms with Crippen LogP contribution in [0.15, 0.2) is 48.5 Å². The molecule has 154 valence electrons. The summed E-state index contributed by atoms with van der Waals surface area (Å²) in [6, 6.07) is 16.4. The van der Waals surface area contributed by atoms with Crippen molar-refractivity contribution < 1.29 is 9.53 Å². The van der Waals surface area contributed by atoms with E-state index in [1.54, 1.807) is 0 Å². The van der Waals surface area contributed by atoms with E-state index in [0.717, 1.165) is 63.1 Å². The van der Waals surface area contributed by atoms with Crippen molar-refractivity contribution in [2.24, 2.45) is 0 Å². The fourth-order valence-electron chi connectivity index (χ4n) is 4.72. The first-order chi connectivity index (χ1) is 14.1. The van der Waals surface area contributed by atoms with E-state index >= 15 is 0 Å². The molecule has 29 heavy (non-hydrogen) atoms. The summed E-state index contributed by atoms with van der Waals surface area (Å²) in [7, 11) is 1.92. The summed E-state index contributed by atoms with van der Waals surface area (Å²) in [5.74, 6) is 0.217. The average Bonchev–Trinajstić information content (AvgIpc) is 3.26. The van der Waals surface area contributed by atoms with Crippen LogP contribution >= 0.6 is 11.6 Å². The Morgan fingerprint density at radius 3 is 2.28 bits per heavy atom. The van der Waals surface area contributed by atoms with Gasteiger partial charge in [-0.2, -0.15) is 0 Å². The quantitative estimate of drug-likeness (QED) is 0.716. The standard InChI is InChI=1S/C24H29ClN2O2/c1-26(18-19-4-10-22(11-5-19)27-14-16-29-17-15-27)23(28)24(12-2-3-13-24)20-6-8-21(25)9-7-20/h4-11H,2-3,12-18H2,1H3. The molecule has 2 fully saturated rings. The van der Waals surface area contributed by atoms with Crippen molar-refractivity contribution in [2.45, 2.75) is 37.6 Å². The highest BCUT2D eigenvalue weighted by Gasteiger charge is 2.44. The van der Waals surface area contributed by atoms with E-state index < -0.39 is 5.41 Å². The van der Waals surface area contributed by atoms with Gasteiger partial charge in [-0.05, 0) is 48.2 Å². The fourth-order valence-corrected chi connectivity index (χ4v) is 4.84. The molecule has 0 radical (unpaired) electrons. The van der Waals surface area contributed by atoms with Crippen LogP contribution in [0.2, 0.25) is 5.02 Å². The highest BCUT2D eigenvalue weighted by Crippen LogP contribution is 2.43. The Labute approximate surface area is 178 Å². The maximum atomic E-state index is 13.5. The number of carbonyl (C=O) groups excluding carboxylic acids is 1. The van der Waals surface area contributed by atoms with E-state index in [-0.39, 0.29) is 5.91 Å². The summed E-state index contributed by atoms with van der Waals surface area (Å²) in [5, 5.41) is 0.711. The van der Waals surface area contributed by atoms with Crippen LogP contribution in [0, 0.1) is 0 Å². The topological polar surface area (TPSA) is 32.8 Å². The van der Waals surface area contributed by atoms with Crippen LogP contribution in [0.4, 0.5) is 5.69 Å². The van der Waals surface area contributed by atoms with Crippen LogP contribution in [0.1, 0.15) is 36.8 Å². The second-order valence-electron chi connectivity index (χ2n) is 8.22. The first-order valence-electron chi connectivity index (χ1n) is 10.5. The lowest BCUT2D eigenvalue weighted by atomic mass is 9.77. The number of morpholine rings is 1. The molecule has 2 aromatic carbocycles. The number of benzene rings is 2. The van der Waals surface area contributed by atoms with E-state index in [0.29, 0.717) is 11.6 Å². The van der Waals surface area contributed by atoms with Gasteiger partial charge in [-0.3, -0.25) is 4.79 Å². The van der Waals surface area contributed by atoms with E-state index in [4.69, 9.17) is 16.3 Å². The second kappa shape index (κ2) is 8.76. The lowest BCUT2D eigenvalue weighted by Gasteiger charge is -2.33. The Bertz CT molecular complexity index is 823. The molecule has 1 amide bonds. The number of hydrogen-bond donors (Lipinski definition) is 0. The molecule has 0 aromatic heterocycles. The first-order valence-corrected chi connectivity index (χ1v) is 10.9. The lowest BCUT2D eigenvalue weighted by molar-refractivity contribution is -0.136. The second-order valence-corrected chi connectivity index (χ2v) is 8.66. The number of nitrogens with zero attached hydrogens (tertiary/aromatic N) is 2. The van der Waals surface area contributed by atoms with Gasteiger partial charge in [-0.1, -0.05) is 48.7 Å². The minimum Gasteiger partial charge on any atom is -0.378 e.